The Hall–Kier alpha value is -1.74. The number of anilines is 1. The van der Waals surface area contributed by atoms with Gasteiger partial charge in [-0.2, -0.15) is 0 Å². The first-order valence-electron chi connectivity index (χ1n) is 6.40. The number of benzene rings is 2. The number of ether oxygens (including phenoxy) is 1. The van der Waals surface area contributed by atoms with E-state index in [0.717, 1.165) is 24.3 Å². The smallest absolute Gasteiger partial charge is 0.143 e. The van der Waals surface area contributed by atoms with E-state index in [0.29, 0.717) is 6.61 Å². The van der Waals surface area contributed by atoms with E-state index in [1.165, 1.54) is 10.8 Å². The third-order valence-corrected chi connectivity index (χ3v) is 3.39. The van der Waals surface area contributed by atoms with E-state index in [9.17, 15) is 0 Å². The highest BCUT2D eigenvalue weighted by molar-refractivity contribution is 5.97. The lowest BCUT2D eigenvalue weighted by atomic mass is 10.0. The van der Waals surface area contributed by atoms with Gasteiger partial charge >= 0.3 is 0 Å². The fourth-order valence-electron chi connectivity index (χ4n) is 2.45. The fraction of sp³-hybridized carbons (Fsp3) is 0.333. The molecule has 0 aliphatic carbocycles. The molecule has 1 heterocycles. The van der Waals surface area contributed by atoms with Crippen molar-refractivity contribution in [2.24, 2.45) is 0 Å². The lowest BCUT2D eigenvalue weighted by molar-refractivity contribution is 0.250. The minimum atomic E-state index is 0.237. The van der Waals surface area contributed by atoms with Crippen molar-refractivity contribution < 1.29 is 9.84 Å². The van der Waals surface area contributed by atoms with Crippen LogP contribution >= 0.6 is 0 Å². The first-order chi connectivity index (χ1) is 8.88. The van der Waals surface area contributed by atoms with E-state index in [1.807, 2.05) is 18.2 Å². The van der Waals surface area contributed by atoms with E-state index >= 15 is 0 Å². The predicted octanol–water partition coefficient (Wildman–Crippen LogP) is 2.79. The summed E-state index contributed by atoms with van der Waals surface area (Å²) in [5.74, 6) is 0.925. The molecule has 0 saturated heterocycles. The summed E-state index contributed by atoms with van der Waals surface area (Å²) in [6.07, 6.45) is 1.74. The quantitative estimate of drug-likeness (QED) is 0.871. The van der Waals surface area contributed by atoms with Gasteiger partial charge in [0, 0.05) is 12.0 Å². The molecule has 0 aromatic heterocycles. The van der Waals surface area contributed by atoms with Gasteiger partial charge in [0.1, 0.15) is 12.4 Å². The molecule has 0 fully saturated rings. The molecule has 1 atom stereocenters. The molecule has 18 heavy (non-hydrogen) atoms. The molecule has 1 aliphatic heterocycles. The van der Waals surface area contributed by atoms with Crippen LogP contribution in [0.25, 0.3) is 10.8 Å². The maximum atomic E-state index is 8.90. The molecule has 3 heteroatoms. The average molecular weight is 243 g/mol. The Bertz CT molecular complexity index is 553. The van der Waals surface area contributed by atoms with Crippen LogP contribution in [0.5, 0.6) is 5.75 Å². The van der Waals surface area contributed by atoms with Gasteiger partial charge in [0.25, 0.3) is 0 Å². The van der Waals surface area contributed by atoms with Crippen molar-refractivity contribution in [1.29, 1.82) is 0 Å². The number of hydrogen-bond acceptors (Lipinski definition) is 3. The van der Waals surface area contributed by atoms with Crippen molar-refractivity contribution in [2.75, 3.05) is 18.5 Å². The van der Waals surface area contributed by atoms with Gasteiger partial charge in [0.2, 0.25) is 0 Å². The van der Waals surface area contributed by atoms with Crippen molar-refractivity contribution in [3.63, 3.8) is 0 Å². The zero-order chi connectivity index (χ0) is 12.4. The highest BCUT2D eigenvalue weighted by Gasteiger charge is 2.20. The van der Waals surface area contributed by atoms with Crippen LogP contribution in [-0.4, -0.2) is 24.4 Å². The summed E-state index contributed by atoms with van der Waals surface area (Å²) in [6, 6.07) is 12.7. The zero-order valence-electron chi connectivity index (χ0n) is 10.2. The van der Waals surface area contributed by atoms with Crippen molar-refractivity contribution in [2.45, 2.75) is 18.9 Å². The van der Waals surface area contributed by atoms with Crippen molar-refractivity contribution in [1.82, 2.24) is 0 Å². The second-order valence-electron chi connectivity index (χ2n) is 4.68. The van der Waals surface area contributed by atoms with Crippen LogP contribution in [0, 0.1) is 0 Å². The Kier molecular flexibility index (Phi) is 3.07. The maximum absolute atomic E-state index is 8.90. The summed E-state index contributed by atoms with van der Waals surface area (Å²) < 4.78 is 5.80. The molecule has 3 nitrogen and oxygen atoms in total. The molecule has 0 bridgehead atoms. The minimum Gasteiger partial charge on any atom is -0.489 e. The molecule has 0 amide bonds. The molecule has 2 aromatic rings. The van der Waals surface area contributed by atoms with Gasteiger partial charge in [-0.05, 0) is 24.3 Å². The second kappa shape index (κ2) is 4.86. The minimum absolute atomic E-state index is 0.237. The molecule has 2 N–H and O–H groups in total. The topological polar surface area (TPSA) is 41.5 Å². The van der Waals surface area contributed by atoms with Gasteiger partial charge in [-0.3, -0.25) is 0 Å². The van der Waals surface area contributed by atoms with E-state index in [1.54, 1.807) is 0 Å². The second-order valence-corrected chi connectivity index (χ2v) is 4.68. The third-order valence-electron chi connectivity index (χ3n) is 3.39. The fourth-order valence-corrected chi connectivity index (χ4v) is 2.45. The summed E-state index contributed by atoms with van der Waals surface area (Å²) in [5.41, 5.74) is 1.09. The summed E-state index contributed by atoms with van der Waals surface area (Å²) in [6.45, 7) is 0.909. The average Bonchev–Trinajstić information content (AvgIpc) is 2.45. The van der Waals surface area contributed by atoms with Crippen molar-refractivity contribution in [3.05, 3.63) is 36.4 Å². The number of aliphatic hydroxyl groups excluding tert-OH is 1. The molecule has 3 rings (SSSR count). The van der Waals surface area contributed by atoms with Crippen LogP contribution in [-0.2, 0) is 0 Å². The van der Waals surface area contributed by atoms with E-state index in [-0.39, 0.29) is 12.6 Å². The molecule has 94 valence electrons. The maximum Gasteiger partial charge on any atom is 0.143 e. The summed E-state index contributed by atoms with van der Waals surface area (Å²) >= 11 is 0. The van der Waals surface area contributed by atoms with Crippen LogP contribution in [0.15, 0.2) is 36.4 Å². The van der Waals surface area contributed by atoms with Gasteiger partial charge in [-0.1, -0.05) is 30.3 Å². The van der Waals surface area contributed by atoms with Gasteiger partial charge < -0.3 is 15.2 Å². The first-order valence-corrected chi connectivity index (χ1v) is 6.40. The van der Waals surface area contributed by atoms with E-state index in [4.69, 9.17) is 9.84 Å². The highest BCUT2D eigenvalue weighted by atomic mass is 16.5. The van der Waals surface area contributed by atoms with Gasteiger partial charge in [-0.25, -0.2) is 0 Å². The Labute approximate surface area is 106 Å². The number of fused-ring (bicyclic) bond motifs is 3. The normalized spacial score (nSPS) is 17.9. The Morgan fingerprint density at radius 2 is 2.11 bits per heavy atom. The molecule has 2 aromatic carbocycles. The number of aliphatic hydroxyl groups is 1. The largest absolute Gasteiger partial charge is 0.489 e. The monoisotopic (exact) mass is 243 g/mol. The number of nitrogens with one attached hydrogen (secondary N) is 1. The Morgan fingerprint density at radius 1 is 1.22 bits per heavy atom. The third kappa shape index (κ3) is 2.02. The predicted molar refractivity (Wildman–Crippen MR) is 73.2 cm³/mol. The van der Waals surface area contributed by atoms with Crippen LogP contribution in [0.3, 0.4) is 0 Å². The van der Waals surface area contributed by atoms with Crippen LogP contribution < -0.4 is 10.1 Å². The van der Waals surface area contributed by atoms with Crippen LogP contribution in [0.1, 0.15) is 12.8 Å². The van der Waals surface area contributed by atoms with Crippen LogP contribution in [0.4, 0.5) is 5.69 Å². The zero-order valence-corrected chi connectivity index (χ0v) is 10.2. The van der Waals surface area contributed by atoms with Gasteiger partial charge in [0.05, 0.1) is 11.7 Å². The molecule has 1 unspecified atom stereocenters. The molecule has 0 spiro atoms. The molecule has 0 radical (unpaired) electrons. The van der Waals surface area contributed by atoms with Crippen molar-refractivity contribution >= 4 is 16.5 Å². The molecular weight excluding hydrogens is 226 g/mol. The van der Waals surface area contributed by atoms with E-state index < -0.39 is 0 Å². The standard InChI is InChI=1S/C15H17NO2/c17-9-3-5-12-10-18-14-8-7-11-4-1-2-6-13(11)15(14)16-12/h1-2,4,6-8,12,16-17H,3,5,9-10H2. The highest BCUT2D eigenvalue weighted by Crippen LogP contribution is 2.36. The number of hydrogen-bond donors (Lipinski definition) is 2. The lowest BCUT2D eigenvalue weighted by Gasteiger charge is -2.28. The van der Waals surface area contributed by atoms with Gasteiger partial charge in [0.15, 0.2) is 0 Å². The molecule has 0 saturated carbocycles. The molecular formula is C15H17NO2. The van der Waals surface area contributed by atoms with Crippen molar-refractivity contribution in [3.8, 4) is 5.75 Å². The lowest BCUT2D eigenvalue weighted by Crippen LogP contribution is -2.31. The van der Waals surface area contributed by atoms with E-state index in [2.05, 4.69) is 23.5 Å². The summed E-state index contributed by atoms with van der Waals surface area (Å²) in [4.78, 5) is 0. The Morgan fingerprint density at radius 3 is 3.00 bits per heavy atom. The number of rotatable bonds is 3. The summed E-state index contributed by atoms with van der Waals surface area (Å²) in [7, 11) is 0. The first kappa shape index (κ1) is 11.4. The summed E-state index contributed by atoms with van der Waals surface area (Å²) in [5, 5.41) is 14.8. The molecule has 1 aliphatic rings. The van der Waals surface area contributed by atoms with Crippen LogP contribution in [0.2, 0.25) is 0 Å². The Balaban J connectivity index is 1.95. The SMILES string of the molecule is OCCCC1COc2ccc3ccccc3c2N1. The van der Waals surface area contributed by atoms with Gasteiger partial charge in [-0.15, -0.1) is 0 Å².